The van der Waals surface area contributed by atoms with Crippen LogP contribution in [0.4, 0.5) is 13.9 Å². The molecule has 164 valence electrons. The topological polar surface area (TPSA) is 59.8 Å². The quantitative estimate of drug-likeness (QED) is 0.275. The molecule has 0 aliphatic carbocycles. The number of amides is 1. The SMILES string of the molecule is O=C(Nc1nc2ccc(SC(F)F)cc2s1)c1cn(-c2ccccc2)nc1-c1ccccc1. The van der Waals surface area contributed by atoms with Crippen LogP contribution in [0.15, 0.2) is 90.0 Å². The zero-order chi connectivity index (χ0) is 22.8. The van der Waals surface area contributed by atoms with Gasteiger partial charge in [0.1, 0.15) is 5.69 Å². The molecule has 3 aromatic carbocycles. The van der Waals surface area contributed by atoms with Crippen LogP contribution < -0.4 is 5.32 Å². The van der Waals surface area contributed by atoms with Gasteiger partial charge in [0.2, 0.25) is 0 Å². The maximum absolute atomic E-state index is 13.2. The fraction of sp³-hybridized carbons (Fsp3) is 0.0417. The molecule has 0 saturated heterocycles. The molecule has 0 saturated carbocycles. The van der Waals surface area contributed by atoms with Crippen LogP contribution in [-0.2, 0) is 0 Å². The van der Waals surface area contributed by atoms with Crippen molar-refractivity contribution in [1.29, 1.82) is 0 Å². The molecule has 33 heavy (non-hydrogen) atoms. The van der Waals surface area contributed by atoms with E-state index in [1.165, 1.54) is 11.3 Å². The summed E-state index contributed by atoms with van der Waals surface area (Å²) in [5.74, 6) is -2.84. The Morgan fingerprint density at radius 1 is 1.00 bits per heavy atom. The average molecular weight is 479 g/mol. The lowest BCUT2D eigenvalue weighted by molar-refractivity contribution is 0.102. The molecule has 2 heterocycles. The first-order valence-electron chi connectivity index (χ1n) is 9.94. The van der Waals surface area contributed by atoms with Crippen LogP contribution in [-0.4, -0.2) is 26.4 Å². The normalized spacial score (nSPS) is 11.2. The number of thioether (sulfide) groups is 1. The van der Waals surface area contributed by atoms with Crippen molar-refractivity contribution in [3.05, 3.63) is 90.6 Å². The van der Waals surface area contributed by atoms with Gasteiger partial charge in [0, 0.05) is 16.7 Å². The molecule has 2 aromatic heterocycles. The summed E-state index contributed by atoms with van der Waals surface area (Å²) in [5.41, 5.74) is 3.23. The molecule has 0 unspecified atom stereocenters. The minimum atomic E-state index is -2.49. The van der Waals surface area contributed by atoms with Crippen LogP contribution in [0, 0.1) is 0 Å². The molecule has 1 amide bonds. The number of nitrogens with zero attached hydrogens (tertiary/aromatic N) is 3. The first-order valence-corrected chi connectivity index (χ1v) is 11.6. The number of nitrogens with one attached hydrogen (secondary N) is 1. The number of para-hydroxylation sites is 1. The smallest absolute Gasteiger partial charge is 0.288 e. The number of rotatable bonds is 6. The van der Waals surface area contributed by atoms with Crippen molar-refractivity contribution in [2.45, 2.75) is 10.7 Å². The molecular weight excluding hydrogens is 462 g/mol. The van der Waals surface area contributed by atoms with Crippen LogP contribution in [0.25, 0.3) is 27.2 Å². The van der Waals surface area contributed by atoms with Gasteiger partial charge in [0.25, 0.3) is 11.7 Å². The summed E-state index contributed by atoms with van der Waals surface area (Å²) in [6, 6.07) is 23.9. The molecule has 0 bridgehead atoms. The molecule has 0 radical (unpaired) electrons. The third-order valence-electron chi connectivity index (χ3n) is 4.83. The number of thiazole rings is 1. The maximum Gasteiger partial charge on any atom is 0.288 e. The highest BCUT2D eigenvalue weighted by atomic mass is 32.2. The van der Waals surface area contributed by atoms with Crippen LogP contribution >= 0.6 is 23.1 Å². The molecule has 5 aromatic rings. The van der Waals surface area contributed by atoms with E-state index < -0.39 is 5.76 Å². The summed E-state index contributed by atoms with van der Waals surface area (Å²) in [5, 5.41) is 7.89. The van der Waals surface area contributed by atoms with Gasteiger partial charge in [0.05, 0.1) is 21.5 Å². The number of carbonyl (C=O) groups excluding carboxylic acids is 1. The van der Waals surface area contributed by atoms with E-state index >= 15 is 0 Å². The van der Waals surface area contributed by atoms with E-state index in [4.69, 9.17) is 0 Å². The Bertz CT molecular complexity index is 1420. The second kappa shape index (κ2) is 9.13. The highest BCUT2D eigenvalue weighted by molar-refractivity contribution is 7.99. The molecule has 0 spiro atoms. The van der Waals surface area contributed by atoms with Gasteiger partial charge in [-0.1, -0.05) is 71.6 Å². The monoisotopic (exact) mass is 478 g/mol. The summed E-state index contributed by atoms with van der Waals surface area (Å²) in [6.07, 6.45) is 1.69. The number of hydrogen-bond acceptors (Lipinski definition) is 5. The van der Waals surface area contributed by atoms with E-state index in [1.54, 1.807) is 29.1 Å². The number of benzene rings is 3. The van der Waals surface area contributed by atoms with Gasteiger partial charge in [-0.15, -0.1) is 0 Å². The Morgan fingerprint density at radius 2 is 1.73 bits per heavy atom. The first-order chi connectivity index (χ1) is 16.1. The number of hydrogen-bond donors (Lipinski definition) is 1. The third kappa shape index (κ3) is 4.64. The fourth-order valence-corrected chi connectivity index (χ4v) is 4.87. The highest BCUT2D eigenvalue weighted by Crippen LogP contribution is 2.33. The van der Waals surface area contributed by atoms with Crippen molar-refractivity contribution in [2.75, 3.05) is 5.32 Å². The van der Waals surface area contributed by atoms with E-state index in [0.717, 1.165) is 16.0 Å². The fourth-order valence-electron chi connectivity index (χ4n) is 3.36. The number of aromatic nitrogens is 3. The van der Waals surface area contributed by atoms with Crippen LogP contribution in [0.2, 0.25) is 0 Å². The Kier molecular flexibility index (Phi) is 5.89. The Hall–Kier alpha value is -3.56. The molecule has 0 atom stereocenters. The third-order valence-corrected chi connectivity index (χ3v) is 6.47. The van der Waals surface area contributed by atoms with Gasteiger partial charge in [-0.2, -0.15) is 13.9 Å². The lowest BCUT2D eigenvalue weighted by Crippen LogP contribution is -2.12. The van der Waals surface area contributed by atoms with Gasteiger partial charge in [-0.05, 0) is 30.3 Å². The summed E-state index contributed by atoms with van der Waals surface area (Å²) in [6.45, 7) is 0. The molecule has 9 heteroatoms. The maximum atomic E-state index is 13.2. The summed E-state index contributed by atoms with van der Waals surface area (Å²) in [7, 11) is 0. The van der Waals surface area contributed by atoms with Crippen molar-refractivity contribution < 1.29 is 13.6 Å². The van der Waals surface area contributed by atoms with E-state index in [1.807, 2.05) is 60.7 Å². The van der Waals surface area contributed by atoms with Crippen molar-refractivity contribution in [2.24, 2.45) is 0 Å². The molecule has 0 aliphatic heterocycles. The van der Waals surface area contributed by atoms with Crippen LogP contribution in [0.3, 0.4) is 0 Å². The van der Waals surface area contributed by atoms with Crippen molar-refractivity contribution in [3.8, 4) is 16.9 Å². The zero-order valence-electron chi connectivity index (χ0n) is 17.0. The number of halogens is 2. The van der Waals surface area contributed by atoms with Crippen LogP contribution in [0.5, 0.6) is 0 Å². The van der Waals surface area contributed by atoms with Crippen molar-refractivity contribution >= 4 is 44.4 Å². The second-order valence-electron chi connectivity index (χ2n) is 7.02. The van der Waals surface area contributed by atoms with E-state index in [-0.39, 0.29) is 5.91 Å². The molecule has 5 nitrogen and oxygen atoms in total. The van der Waals surface area contributed by atoms with Gasteiger partial charge < -0.3 is 0 Å². The summed E-state index contributed by atoms with van der Waals surface area (Å²) < 4.78 is 27.7. The second-order valence-corrected chi connectivity index (χ2v) is 9.11. The van der Waals surface area contributed by atoms with Crippen LogP contribution in [0.1, 0.15) is 10.4 Å². The molecule has 5 rings (SSSR count). The van der Waals surface area contributed by atoms with Gasteiger partial charge in [-0.25, -0.2) is 9.67 Å². The first kappa shape index (κ1) is 21.3. The number of carbonyl (C=O) groups is 1. The minimum absolute atomic E-state index is 0.350. The van der Waals surface area contributed by atoms with E-state index in [2.05, 4.69) is 15.4 Å². The largest absolute Gasteiger partial charge is 0.298 e. The standard InChI is InChI=1S/C24H16F2N4OS2/c25-23(26)32-17-11-12-19-20(13-17)33-24(27-19)28-22(31)18-14-30(16-9-5-2-6-10-16)29-21(18)15-7-3-1-4-8-15/h1-14,23H,(H,27,28,31). The van der Waals surface area contributed by atoms with E-state index in [0.29, 0.717) is 38.6 Å². The molecule has 0 fully saturated rings. The Labute approximate surface area is 196 Å². The predicted molar refractivity (Wildman–Crippen MR) is 128 cm³/mol. The molecular formula is C24H16F2N4OS2. The Balaban J connectivity index is 1.48. The van der Waals surface area contributed by atoms with Crippen molar-refractivity contribution in [3.63, 3.8) is 0 Å². The minimum Gasteiger partial charge on any atom is -0.298 e. The summed E-state index contributed by atoms with van der Waals surface area (Å²) >= 11 is 1.72. The number of anilines is 1. The van der Waals surface area contributed by atoms with Crippen molar-refractivity contribution in [1.82, 2.24) is 14.8 Å². The number of fused-ring (bicyclic) bond motifs is 1. The van der Waals surface area contributed by atoms with Gasteiger partial charge in [-0.3, -0.25) is 10.1 Å². The van der Waals surface area contributed by atoms with Gasteiger partial charge >= 0.3 is 0 Å². The Morgan fingerprint density at radius 3 is 2.45 bits per heavy atom. The predicted octanol–water partition coefficient (Wildman–Crippen LogP) is 6.72. The number of alkyl halides is 2. The lowest BCUT2D eigenvalue weighted by atomic mass is 10.1. The lowest BCUT2D eigenvalue weighted by Gasteiger charge is -2.02. The van der Waals surface area contributed by atoms with E-state index in [9.17, 15) is 13.6 Å². The summed E-state index contributed by atoms with van der Waals surface area (Å²) in [4.78, 5) is 18.1. The zero-order valence-corrected chi connectivity index (χ0v) is 18.6. The molecule has 1 N–H and O–H groups in total. The average Bonchev–Trinajstić information content (AvgIpc) is 3.44. The molecule has 0 aliphatic rings. The highest BCUT2D eigenvalue weighted by Gasteiger charge is 2.20. The van der Waals surface area contributed by atoms with Gasteiger partial charge in [0.15, 0.2) is 5.13 Å².